The van der Waals surface area contributed by atoms with Gasteiger partial charge in [0.1, 0.15) is 5.76 Å². The van der Waals surface area contributed by atoms with Crippen LogP contribution < -0.4 is 4.90 Å². The third-order valence-electron chi connectivity index (χ3n) is 3.10. The molecule has 0 atom stereocenters. The Hall–Kier alpha value is -1.45. The maximum absolute atomic E-state index is 6.36. The molecule has 2 heterocycles. The SMILES string of the molecule is Clc1cccc(-c2ccco2)c1N1CCOCC1. The topological polar surface area (TPSA) is 25.6 Å². The van der Waals surface area contributed by atoms with Gasteiger partial charge in [-0.15, -0.1) is 0 Å². The standard InChI is InChI=1S/C14H14ClNO2/c15-12-4-1-3-11(13-5-2-8-18-13)14(12)16-6-9-17-10-7-16/h1-5,8H,6-7,9-10H2. The summed E-state index contributed by atoms with van der Waals surface area (Å²) in [6, 6.07) is 9.74. The number of hydrogen-bond acceptors (Lipinski definition) is 3. The van der Waals surface area contributed by atoms with Gasteiger partial charge in [0.2, 0.25) is 0 Å². The summed E-state index contributed by atoms with van der Waals surface area (Å²) in [6.45, 7) is 3.19. The Labute approximate surface area is 111 Å². The Balaban J connectivity index is 2.06. The molecule has 1 aromatic carbocycles. The van der Waals surface area contributed by atoms with Gasteiger partial charge in [-0.05, 0) is 24.3 Å². The summed E-state index contributed by atoms with van der Waals surface area (Å²) in [4.78, 5) is 2.25. The van der Waals surface area contributed by atoms with Crippen molar-refractivity contribution in [1.82, 2.24) is 0 Å². The number of halogens is 1. The van der Waals surface area contributed by atoms with E-state index in [1.165, 1.54) is 0 Å². The zero-order valence-electron chi connectivity index (χ0n) is 9.93. The molecule has 0 saturated carbocycles. The summed E-state index contributed by atoms with van der Waals surface area (Å²) >= 11 is 6.36. The van der Waals surface area contributed by atoms with Crippen LogP contribution in [0.4, 0.5) is 5.69 Å². The molecule has 94 valence electrons. The smallest absolute Gasteiger partial charge is 0.135 e. The van der Waals surface area contributed by atoms with Crippen molar-refractivity contribution in [2.75, 3.05) is 31.2 Å². The number of rotatable bonds is 2. The van der Waals surface area contributed by atoms with Gasteiger partial charge in [-0.3, -0.25) is 0 Å². The van der Waals surface area contributed by atoms with Crippen molar-refractivity contribution in [3.8, 4) is 11.3 Å². The number of furan rings is 1. The van der Waals surface area contributed by atoms with Crippen molar-refractivity contribution in [2.24, 2.45) is 0 Å². The van der Waals surface area contributed by atoms with Gasteiger partial charge in [-0.2, -0.15) is 0 Å². The summed E-state index contributed by atoms with van der Waals surface area (Å²) in [5, 5.41) is 0.755. The molecule has 3 rings (SSSR count). The molecular formula is C14H14ClNO2. The molecule has 0 aliphatic carbocycles. The van der Waals surface area contributed by atoms with E-state index in [2.05, 4.69) is 4.90 Å². The lowest BCUT2D eigenvalue weighted by Gasteiger charge is -2.31. The molecule has 1 aromatic heterocycles. The molecule has 18 heavy (non-hydrogen) atoms. The van der Waals surface area contributed by atoms with Gasteiger partial charge >= 0.3 is 0 Å². The average molecular weight is 264 g/mol. The van der Waals surface area contributed by atoms with Crippen LogP contribution in [0.5, 0.6) is 0 Å². The molecule has 1 fully saturated rings. The average Bonchev–Trinajstić information content (AvgIpc) is 2.93. The maximum atomic E-state index is 6.36. The molecular weight excluding hydrogens is 250 g/mol. The molecule has 0 radical (unpaired) electrons. The lowest BCUT2D eigenvalue weighted by molar-refractivity contribution is 0.123. The molecule has 0 unspecified atom stereocenters. The normalized spacial score (nSPS) is 15.9. The van der Waals surface area contributed by atoms with Crippen molar-refractivity contribution in [1.29, 1.82) is 0 Å². The minimum Gasteiger partial charge on any atom is -0.464 e. The van der Waals surface area contributed by atoms with Crippen LogP contribution in [0.2, 0.25) is 5.02 Å². The molecule has 1 aliphatic heterocycles. The number of nitrogens with zero attached hydrogens (tertiary/aromatic N) is 1. The second kappa shape index (κ2) is 5.04. The van der Waals surface area contributed by atoms with Crippen LogP contribution in [0.15, 0.2) is 41.0 Å². The van der Waals surface area contributed by atoms with E-state index in [-0.39, 0.29) is 0 Å². The summed E-state index contributed by atoms with van der Waals surface area (Å²) in [6.07, 6.45) is 1.68. The van der Waals surface area contributed by atoms with Gasteiger partial charge in [-0.25, -0.2) is 0 Å². The number of ether oxygens (including phenoxy) is 1. The first-order chi connectivity index (χ1) is 8.86. The van der Waals surface area contributed by atoms with Crippen molar-refractivity contribution in [3.63, 3.8) is 0 Å². The summed E-state index contributed by atoms with van der Waals surface area (Å²) < 4.78 is 10.9. The molecule has 1 saturated heterocycles. The van der Waals surface area contributed by atoms with E-state index in [0.29, 0.717) is 0 Å². The van der Waals surface area contributed by atoms with E-state index in [4.69, 9.17) is 20.8 Å². The van der Waals surface area contributed by atoms with Crippen LogP contribution >= 0.6 is 11.6 Å². The van der Waals surface area contributed by atoms with Gasteiger partial charge in [0.05, 0.1) is 30.2 Å². The Bertz CT molecular complexity index is 519. The van der Waals surface area contributed by atoms with Gasteiger partial charge < -0.3 is 14.1 Å². The van der Waals surface area contributed by atoms with E-state index >= 15 is 0 Å². The highest BCUT2D eigenvalue weighted by Gasteiger charge is 2.19. The predicted molar refractivity (Wildman–Crippen MR) is 72.2 cm³/mol. The number of anilines is 1. The van der Waals surface area contributed by atoms with E-state index in [9.17, 15) is 0 Å². The second-order valence-electron chi connectivity index (χ2n) is 4.21. The highest BCUT2D eigenvalue weighted by Crippen LogP contribution is 2.37. The first-order valence-corrected chi connectivity index (χ1v) is 6.39. The monoisotopic (exact) mass is 263 g/mol. The first-order valence-electron chi connectivity index (χ1n) is 6.01. The quantitative estimate of drug-likeness (QED) is 0.830. The van der Waals surface area contributed by atoms with Gasteiger partial charge in [0.15, 0.2) is 0 Å². The fraction of sp³-hybridized carbons (Fsp3) is 0.286. The number of para-hydroxylation sites is 1. The lowest BCUT2D eigenvalue weighted by atomic mass is 10.1. The van der Waals surface area contributed by atoms with Crippen LogP contribution in [-0.4, -0.2) is 26.3 Å². The fourth-order valence-electron chi connectivity index (χ4n) is 2.25. The van der Waals surface area contributed by atoms with E-state index in [1.54, 1.807) is 6.26 Å². The van der Waals surface area contributed by atoms with Crippen molar-refractivity contribution in [2.45, 2.75) is 0 Å². The van der Waals surface area contributed by atoms with Gasteiger partial charge in [0, 0.05) is 18.7 Å². The van der Waals surface area contributed by atoms with E-state index < -0.39 is 0 Å². The van der Waals surface area contributed by atoms with Crippen molar-refractivity contribution >= 4 is 17.3 Å². The first kappa shape index (κ1) is 11.6. The number of morpholine rings is 1. The van der Waals surface area contributed by atoms with Crippen LogP contribution in [-0.2, 0) is 4.74 Å². The van der Waals surface area contributed by atoms with E-state index in [0.717, 1.165) is 48.3 Å². The van der Waals surface area contributed by atoms with Gasteiger partial charge in [-0.1, -0.05) is 17.7 Å². The molecule has 3 nitrogen and oxygen atoms in total. The molecule has 2 aromatic rings. The molecule has 0 amide bonds. The predicted octanol–water partition coefficient (Wildman–Crippen LogP) is 3.44. The zero-order chi connectivity index (χ0) is 12.4. The highest BCUT2D eigenvalue weighted by molar-refractivity contribution is 6.34. The third kappa shape index (κ3) is 2.11. The van der Waals surface area contributed by atoms with Gasteiger partial charge in [0.25, 0.3) is 0 Å². The summed E-state index contributed by atoms with van der Waals surface area (Å²) in [5.74, 6) is 0.846. The number of hydrogen-bond donors (Lipinski definition) is 0. The Morgan fingerprint density at radius 3 is 2.61 bits per heavy atom. The minimum atomic E-state index is 0.739. The van der Waals surface area contributed by atoms with Crippen LogP contribution in [0.25, 0.3) is 11.3 Å². The Kier molecular flexibility index (Phi) is 3.26. The lowest BCUT2D eigenvalue weighted by Crippen LogP contribution is -2.36. The Morgan fingerprint density at radius 2 is 1.89 bits per heavy atom. The van der Waals surface area contributed by atoms with Crippen LogP contribution in [0.1, 0.15) is 0 Å². The maximum Gasteiger partial charge on any atom is 0.135 e. The molecule has 0 bridgehead atoms. The fourth-order valence-corrected chi connectivity index (χ4v) is 2.55. The zero-order valence-corrected chi connectivity index (χ0v) is 10.7. The van der Waals surface area contributed by atoms with Crippen LogP contribution in [0, 0.1) is 0 Å². The Morgan fingerprint density at radius 1 is 1.06 bits per heavy atom. The van der Waals surface area contributed by atoms with Crippen LogP contribution in [0.3, 0.4) is 0 Å². The van der Waals surface area contributed by atoms with Crippen molar-refractivity contribution < 1.29 is 9.15 Å². The third-order valence-corrected chi connectivity index (χ3v) is 3.41. The minimum absolute atomic E-state index is 0.739. The van der Waals surface area contributed by atoms with E-state index in [1.807, 2.05) is 30.3 Å². The largest absolute Gasteiger partial charge is 0.464 e. The highest BCUT2D eigenvalue weighted by atomic mass is 35.5. The number of benzene rings is 1. The molecule has 1 aliphatic rings. The molecule has 4 heteroatoms. The summed E-state index contributed by atoms with van der Waals surface area (Å²) in [5.41, 5.74) is 2.08. The molecule has 0 N–H and O–H groups in total. The molecule has 0 spiro atoms. The van der Waals surface area contributed by atoms with Crippen molar-refractivity contribution in [3.05, 3.63) is 41.6 Å². The summed E-state index contributed by atoms with van der Waals surface area (Å²) in [7, 11) is 0. The second-order valence-corrected chi connectivity index (χ2v) is 4.62.